The maximum absolute atomic E-state index is 10.8. The molecule has 0 aliphatic heterocycles. The number of primary amides is 1. The second kappa shape index (κ2) is 3.66. The van der Waals surface area contributed by atoms with E-state index >= 15 is 0 Å². The van der Waals surface area contributed by atoms with Gasteiger partial charge in [0.25, 0.3) is 5.91 Å². The molecule has 0 aliphatic carbocycles. The van der Waals surface area contributed by atoms with Crippen LogP contribution >= 0.6 is 11.3 Å². The highest BCUT2D eigenvalue weighted by Crippen LogP contribution is 2.16. The lowest BCUT2D eigenvalue weighted by Crippen LogP contribution is -2.12. The van der Waals surface area contributed by atoms with Crippen LogP contribution in [0.1, 0.15) is 20.2 Å². The zero-order valence-electron chi connectivity index (χ0n) is 7.58. The van der Waals surface area contributed by atoms with Gasteiger partial charge in [0, 0.05) is 11.6 Å². The molecule has 2 heterocycles. The van der Waals surface area contributed by atoms with E-state index in [1.165, 1.54) is 22.1 Å². The molecule has 6 heteroatoms. The molecule has 2 aromatic rings. The van der Waals surface area contributed by atoms with E-state index in [-0.39, 0.29) is 5.69 Å². The third-order valence-corrected chi connectivity index (χ3v) is 2.67. The Morgan fingerprint density at radius 3 is 2.93 bits per heavy atom. The van der Waals surface area contributed by atoms with Gasteiger partial charge in [-0.1, -0.05) is 0 Å². The molecule has 0 saturated carbocycles. The van der Waals surface area contributed by atoms with E-state index in [0.29, 0.717) is 4.88 Å². The van der Waals surface area contributed by atoms with Crippen LogP contribution in [0.2, 0.25) is 0 Å². The predicted molar refractivity (Wildman–Crippen MR) is 55.3 cm³/mol. The molecule has 15 heavy (non-hydrogen) atoms. The van der Waals surface area contributed by atoms with Gasteiger partial charge in [-0.2, -0.15) is 5.10 Å². The number of amides is 1. The molecule has 2 N–H and O–H groups in total. The number of aldehydes is 1. The third-order valence-electron chi connectivity index (χ3n) is 1.83. The largest absolute Gasteiger partial charge is 0.364 e. The fourth-order valence-corrected chi connectivity index (χ4v) is 1.80. The third kappa shape index (κ3) is 1.79. The average Bonchev–Trinajstić information content (AvgIpc) is 2.86. The summed E-state index contributed by atoms with van der Waals surface area (Å²) in [5.41, 5.74) is 6.02. The van der Waals surface area contributed by atoms with Crippen molar-refractivity contribution in [3.8, 4) is 5.69 Å². The normalized spacial score (nSPS) is 10.1. The second-order valence-electron chi connectivity index (χ2n) is 2.83. The highest BCUT2D eigenvalue weighted by atomic mass is 32.1. The van der Waals surface area contributed by atoms with E-state index in [9.17, 15) is 9.59 Å². The lowest BCUT2D eigenvalue weighted by atomic mass is 10.4. The summed E-state index contributed by atoms with van der Waals surface area (Å²) in [6.45, 7) is 0. The lowest BCUT2D eigenvalue weighted by molar-refractivity contribution is 0.0994. The lowest BCUT2D eigenvalue weighted by Gasteiger charge is -1.94. The van der Waals surface area contributed by atoms with Gasteiger partial charge in [-0.05, 0) is 12.1 Å². The molecule has 76 valence electrons. The van der Waals surface area contributed by atoms with Gasteiger partial charge in [0.1, 0.15) is 5.69 Å². The van der Waals surface area contributed by atoms with Gasteiger partial charge in [-0.3, -0.25) is 9.59 Å². The van der Waals surface area contributed by atoms with Gasteiger partial charge in [-0.25, -0.2) is 4.68 Å². The van der Waals surface area contributed by atoms with E-state index in [2.05, 4.69) is 5.10 Å². The minimum atomic E-state index is -0.570. The number of hydrogen-bond donors (Lipinski definition) is 1. The Kier molecular flexibility index (Phi) is 2.34. The second-order valence-corrected chi connectivity index (χ2v) is 3.78. The van der Waals surface area contributed by atoms with Crippen molar-refractivity contribution in [1.82, 2.24) is 9.78 Å². The van der Waals surface area contributed by atoms with Crippen molar-refractivity contribution < 1.29 is 9.59 Å². The van der Waals surface area contributed by atoms with Gasteiger partial charge >= 0.3 is 0 Å². The zero-order valence-corrected chi connectivity index (χ0v) is 8.40. The number of nitrogens with zero attached hydrogens (tertiary/aromatic N) is 2. The van der Waals surface area contributed by atoms with Crippen LogP contribution in [-0.4, -0.2) is 22.0 Å². The van der Waals surface area contributed by atoms with E-state index in [1.54, 1.807) is 17.6 Å². The molecule has 0 radical (unpaired) electrons. The standard InChI is InChI=1S/C9H7N3O2S/c10-9(14)8-1-2-12(11-8)6-3-7(4-13)15-5-6/h1-5H,(H2,10,14). The van der Waals surface area contributed by atoms with Crippen LogP contribution in [0.3, 0.4) is 0 Å². The topological polar surface area (TPSA) is 78.0 Å². The molecular formula is C9H7N3O2S. The molecule has 0 bridgehead atoms. The smallest absolute Gasteiger partial charge is 0.269 e. The Morgan fingerprint density at radius 2 is 2.40 bits per heavy atom. The average molecular weight is 221 g/mol. The van der Waals surface area contributed by atoms with Gasteiger partial charge < -0.3 is 5.73 Å². The summed E-state index contributed by atoms with van der Waals surface area (Å²) in [4.78, 5) is 21.9. The summed E-state index contributed by atoms with van der Waals surface area (Å²) in [6, 6.07) is 3.22. The number of carbonyl (C=O) groups is 2. The fourth-order valence-electron chi connectivity index (χ4n) is 1.12. The summed E-state index contributed by atoms with van der Waals surface area (Å²) in [5, 5.41) is 5.74. The zero-order chi connectivity index (χ0) is 10.8. The number of thiophene rings is 1. The molecular weight excluding hydrogens is 214 g/mol. The highest BCUT2D eigenvalue weighted by Gasteiger charge is 2.07. The first-order chi connectivity index (χ1) is 7.20. The van der Waals surface area contributed by atoms with Gasteiger partial charge in [0.15, 0.2) is 6.29 Å². The first kappa shape index (κ1) is 9.60. The van der Waals surface area contributed by atoms with Crippen LogP contribution in [-0.2, 0) is 0 Å². The summed E-state index contributed by atoms with van der Waals surface area (Å²) in [7, 11) is 0. The van der Waals surface area contributed by atoms with Gasteiger partial charge in [0.05, 0.1) is 10.6 Å². The molecule has 2 rings (SSSR count). The maximum atomic E-state index is 10.8. The van der Waals surface area contributed by atoms with E-state index in [4.69, 9.17) is 5.73 Å². The summed E-state index contributed by atoms with van der Waals surface area (Å²) >= 11 is 1.32. The minimum Gasteiger partial charge on any atom is -0.364 e. The van der Waals surface area contributed by atoms with Crippen molar-refractivity contribution in [2.45, 2.75) is 0 Å². The van der Waals surface area contributed by atoms with Crippen LogP contribution in [0.25, 0.3) is 5.69 Å². The summed E-state index contributed by atoms with van der Waals surface area (Å²) in [6.07, 6.45) is 2.39. The number of nitrogens with two attached hydrogens (primary N) is 1. The molecule has 0 unspecified atom stereocenters. The SMILES string of the molecule is NC(=O)c1ccn(-c2csc(C=O)c2)n1. The van der Waals surface area contributed by atoms with E-state index < -0.39 is 5.91 Å². The molecule has 0 atom stereocenters. The maximum Gasteiger partial charge on any atom is 0.269 e. The Bertz CT molecular complexity index is 515. The van der Waals surface area contributed by atoms with Crippen molar-refractivity contribution in [2.75, 3.05) is 0 Å². The number of aromatic nitrogens is 2. The van der Waals surface area contributed by atoms with E-state index in [1.807, 2.05) is 0 Å². The van der Waals surface area contributed by atoms with Crippen molar-refractivity contribution >= 4 is 23.5 Å². The highest BCUT2D eigenvalue weighted by molar-refractivity contribution is 7.12. The van der Waals surface area contributed by atoms with Crippen LogP contribution in [0.5, 0.6) is 0 Å². The van der Waals surface area contributed by atoms with Crippen LogP contribution in [0.4, 0.5) is 0 Å². The van der Waals surface area contributed by atoms with Gasteiger partial charge in [-0.15, -0.1) is 11.3 Å². The van der Waals surface area contributed by atoms with Crippen LogP contribution in [0, 0.1) is 0 Å². The molecule has 0 aromatic carbocycles. The number of hydrogen-bond acceptors (Lipinski definition) is 4. The molecule has 0 saturated heterocycles. The summed E-state index contributed by atoms with van der Waals surface area (Å²) in [5.74, 6) is -0.570. The monoisotopic (exact) mass is 221 g/mol. The number of carbonyl (C=O) groups excluding carboxylic acids is 2. The molecule has 1 amide bonds. The first-order valence-electron chi connectivity index (χ1n) is 4.10. The molecule has 0 spiro atoms. The Labute approximate surface area is 89.1 Å². The van der Waals surface area contributed by atoms with Crippen molar-refractivity contribution in [2.24, 2.45) is 5.73 Å². The number of rotatable bonds is 3. The molecule has 5 nitrogen and oxygen atoms in total. The van der Waals surface area contributed by atoms with Crippen molar-refractivity contribution in [1.29, 1.82) is 0 Å². The Morgan fingerprint density at radius 1 is 1.60 bits per heavy atom. The van der Waals surface area contributed by atoms with Crippen molar-refractivity contribution in [3.05, 3.63) is 34.3 Å². The summed E-state index contributed by atoms with van der Waals surface area (Å²) < 4.78 is 1.50. The Hall–Kier alpha value is -1.95. The Balaban J connectivity index is 2.36. The molecule has 0 aliphatic rings. The predicted octanol–water partition coefficient (Wildman–Crippen LogP) is 0.845. The quantitative estimate of drug-likeness (QED) is 0.780. The molecule has 2 aromatic heterocycles. The first-order valence-corrected chi connectivity index (χ1v) is 4.98. The van der Waals surface area contributed by atoms with E-state index in [0.717, 1.165) is 12.0 Å². The van der Waals surface area contributed by atoms with Gasteiger partial charge in [0.2, 0.25) is 0 Å². The van der Waals surface area contributed by atoms with Crippen LogP contribution < -0.4 is 5.73 Å². The van der Waals surface area contributed by atoms with Crippen molar-refractivity contribution in [3.63, 3.8) is 0 Å². The fraction of sp³-hybridized carbons (Fsp3) is 0. The molecule has 0 fully saturated rings. The minimum absolute atomic E-state index is 0.203. The van der Waals surface area contributed by atoms with Crippen LogP contribution in [0.15, 0.2) is 23.7 Å².